The molecular formula is C24H25NO5. The highest BCUT2D eigenvalue weighted by molar-refractivity contribution is 5.99. The third-order valence-corrected chi connectivity index (χ3v) is 5.46. The molecule has 156 valence electrons. The second kappa shape index (κ2) is 7.95. The SMILES string of the molecule is CCOc1ccc(C2c3c(oc4cc(C)cc(C)c4c3=O)C(=O)N2CCOC)cc1. The minimum atomic E-state index is -0.528. The van der Waals surface area contributed by atoms with E-state index in [1.807, 2.05) is 51.1 Å². The van der Waals surface area contributed by atoms with E-state index in [-0.39, 0.29) is 17.1 Å². The topological polar surface area (TPSA) is 69.0 Å². The minimum absolute atomic E-state index is 0.118. The highest BCUT2D eigenvalue weighted by atomic mass is 16.5. The van der Waals surface area contributed by atoms with Gasteiger partial charge in [0, 0.05) is 13.7 Å². The molecule has 1 unspecified atom stereocenters. The van der Waals surface area contributed by atoms with Gasteiger partial charge < -0.3 is 18.8 Å². The lowest BCUT2D eigenvalue weighted by Gasteiger charge is -2.25. The van der Waals surface area contributed by atoms with Crippen LogP contribution in [-0.4, -0.2) is 37.7 Å². The first-order valence-electron chi connectivity index (χ1n) is 10.1. The van der Waals surface area contributed by atoms with E-state index >= 15 is 0 Å². The van der Waals surface area contributed by atoms with Crippen LogP contribution in [0.1, 0.15) is 45.8 Å². The van der Waals surface area contributed by atoms with E-state index in [1.165, 1.54) is 0 Å². The van der Waals surface area contributed by atoms with Crippen molar-refractivity contribution in [2.75, 3.05) is 26.9 Å². The third-order valence-electron chi connectivity index (χ3n) is 5.46. The number of ether oxygens (including phenoxy) is 2. The van der Waals surface area contributed by atoms with Crippen molar-refractivity contribution in [2.24, 2.45) is 0 Å². The summed E-state index contributed by atoms with van der Waals surface area (Å²) in [5.41, 5.74) is 3.33. The maximum Gasteiger partial charge on any atom is 0.290 e. The fourth-order valence-corrected chi connectivity index (χ4v) is 4.19. The van der Waals surface area contributed by atoms with Gasteiger partial charge in [-0.25, -0.2) is 0 Å². The maximum atomic E-state index is 13.6. The molecule has 2 aromatic carbocycles. The fraction of sp³-hybridized carbons (Fsp3) is 0.333. The van der Waals surface area contributed by atoms with Gasteiger partial charge >= 0.3 is 0 Å². The first-order valence-corrected chi connectivity index (χ1v) is 10.1. The van der Waals surface area contributed by atoms with E-state index in [0.717, 1.165) is 22.4 Å². The Morgan fingerprint density at radius 3 is 2.50 bits per heavy atom. The molecule has 6 nitrogen and oxygen atoms in total. The van der Waals surface area contributed by atoms with Crippen LogP contribution in [0.3, 0.4) is 0 Å². The van der Waals surface area contributed by atoms with Crippen molar-refractivity contribution in [3.05, 3.63) is 74.6 Å². The molecule has 1 aliphatic heterocycles. The van der Waals surface area contributed by atoms with Gasteiger partial charge in [0.2, 0.25) is 5.76 Å². The van der Waals surface area contributed by atoms with Crippen LogP contribution in [0.5, 0.6) is 5.75 Å². The van der Waals surface area contributed by atoms with Crippen molar-refractivity contribution in [1.82, 2.24) is 4.90 Å². The Morgan fingerprint density at radius 2 is 1.83 bits per heavy atom. The van der Waals surface area contributed by atoms with Gasteiger partial charge in [0.15, 0.2) is 5.43 Å². The highest BCUT2D eigenvalue weighted by Gasteiger charge is 2.42. The molecule has 1 aliphatic rings. The zero-order valence-corrected chi connectivity index (χ0v) is 17.7. The van der Waals surface area contributed by atoms with Gasteiger partial charge in [-0.1, -0.05) is 18.2 Å². The predicted octanol–water partition coefficient (Wildman–Crippen LogP) is 4.00. The summed E-state index contributed by atoms with van der Waals surface area (Å²) in [7, 11) is 1.59. The van der Waals surface area contributed by atoms with Crippen molar-refractivity contribution in [2.45, 2.75) is 26.8 Å². The van der Waals surface area contributed by atoms with Gasteiger partial charge in [-0.3, -0.25) is 9.59 Å². The Bertz CT molecular complexity index is 1160. The molecule has 0 bridgehead atoms. The number of amides is 1. The summed E-state index contributed by atoms with van der Waals surface area (Å²) in [6, 6.07) is 10.7. The Hall–Kier alpha value is -3.12. The van der Waals surface area contributed by atoms with Gasteiger partial charge in [0.25, 0.3) is 5.91 Å². The van der Waals surface area contributed by atoms with Crippen molar-refractivity contribution in [3.63, 3.8) is 0 Å². The Labute approximate surface area is 175 Å². The molecule has 0 aliphatic carbocycles. The number of fused-ring (bicyclic) bond motifs is 2. The minimum Gasteiger partial charge on any atom is -0.494 e. The number of rotatable bonds is 6. The molecule has 0 radical (unpaired) electrons. The fourth-order valence-electron chi connectivity index (χ4n) is 4.19. The summed E-state index contributed by atoms with van der Waals surface area (Å²) in [4.78, 5) is 28.5. The lowest BCUT2D eigenvalue weighted by atomic mass is 9.97. The molecule has 3 aromatic rings. The van der Waals surface area contributed by atoms with Gasteiger partial charge in [-0.15, -0.1) is 0 Å². The standard InChI is InChI=1S/C24H25NO5/c1-5-29-17-8-6-16(7-9-17)21-20-22(26)19-15(3)12-14(2)13-18(19)30-23(20)24(27)25(21)10-11-28-4/h6-9,12-13,21H,5,10-11H2,1-4H3. The predicted molar refractivity (Wildman–Crippen MR) is 114 cm³/mol. The maximum absolute atomic E-state index is 13.6. The molecule has 0 spiro atoms. The third kappa shape index (κ3) is 3.27. The van der Waals surface area contributed by atoms with Crippen LogP contribution >= 0.6 is 0 Å². The van der Waals surface area contributed by atoms with Crippen molar-refractivity contribution in [3.8, 4) is 5.75 Å². The average molecular weight is 407 g/mol. The molecule has 1 atom stereocenters. The molecule has 0 saturated heterocycles. The van der Waals surface area contributed by atoms with E-state index < -0.39 is 6.04 Å². The zero-order chi connectivity index (χ0) is 21.4. The molecule has 1 amide bonds. The first kappa shape index (κ1) is 20.2. The molecule has 0 fully saturated rings. The van der Waals surface area contributed by atoms with Gasteiger partial charge in [0.1, 0.15) is 11.3 Å². The smallest absolute Gasteiger partial charge is 0.290 e. The van der Waals surface area contributed by atoms with Gasteiger partial charge in [-0.2, -0.15) is 0 Å². The lowest BCUT2D eigenvalue weighted by molar-refractivity contribution is 0.0663. The molecule has 0 N–H and O–H groups in total. The van der Waals surface area contributed by atoms with Crippen molar-refractivity contribution < 1.29 is 18.7 Å². The summed E-state index contributed by atoms with van der Waals surface area (Å²) < 4.78 is 16.8. The summed E-state index contributed by atoms with van der Waals surface area (Å²) in [6.07, 6.45) is 0. The molecule has 4 rings (SSSR count). The van der Waals surface area contributed by atoms with Crippen LogP contribution in [0.25, 0.3) is 11.0 Å². The average Bonchev–Trinajstić information content (AvgIpc) is 2.99. The highest BCUT2D eigenvalue weighted by Crippen LogP contribution is 2.38. The largest absolute Gasteiger partial charge is 0.494 e. The number of hydrogen-bond acceptors (Lipinski definition) is 5. The number of methoxy groups -OCH3 is 1. The number of benzene rings is 2. The van der Waals surface area contributed by atoms with Crippen molar-refractivity contribution in [1.29, 1.82) is 0 Å². The molecular weight excluding hydrogens is 382 g/mol. The molecule has 1 aromatic heterocycles. The van der Waals surface area contributed by atoms with Crippen LogP contribution in [0, 0.1) is 13.8 Å². The summed E-state index contributed by atoms with van der Waals surface area (Å²) in [5.74, 6) is 0.567. The zero-order valence-electron chi connectivity index (χ0n) is 17.7. The number of carbonyl (C=O) groups is 1. The number of aryl methyl sites for hydroxylation is 2. The van der Waals surface area contributed by atoms with Crippen LogP contribution in [0.4, 0.5) is 0 Å². The molecule has 30 heavy (non-hydrogen) atoms. The van der Waals surface area contributed by atoms with E-state index in [0.29, 0.717) is 36.3 Å². The van der Waals surface area contributed by atoms with E-state index in [9.17, 15) is 9.59 Å². The van der Waals surface area contributed by atoms with Crippen LogP contribution < -0.4 is 10.2 Å². The second-order valence-corrected chi connectivity index (χ2v) is 7.52. The second-order valence-electron chi connectivity index (χ2n) is 7.52. The quantitative estimate of drug-likeness (QED) is 0.618. The van der Waals surface area contributed by atoms with Crippen LogP contribution in [-0.2, 0) is 4.74 Å². The van der Waals surface area contributed by atoms with Crippen molar-refractivity contribution >= 4 is 16.9 Å². The van der Waals surface area contributed by atoms with Crippen LogP contribution in [0.15, 0.2) is 45.6 Å². The molecule has 2 heterocycles. The Kier molecular flexibility index (Phi) is 5.35. The number of nitrogens with zero attached hydrogens (tertiary/aromatic N) is 1. The molecule has 0 saturated carbocycles. The first-order chi connectivity index (χ1) is 14.5. The summed E-state index contributed by atoms with van der Waals surface area (Å²) in [5, 5.41) is 0.525. The molecule has 6 heteroatoms. The summed E-state index contributed by atoms with van der Waals surface area (Å²) >= 11 is 0. The van der Waals surface area contributed by atoms with E-state index in [1.54, 1.807) is 18.1 Å². The Balaban J connectivity index is 1.93. The Morgan fingerprint density at radius 1 is 1.10 bits per heavy atom. The number of carbonyl (C=O) groups excluding carboxylic acids is 1. The van der Waals surface area contributed by atoms with E-state index in [2.05, 4.69) is 0 Å². The monoisotopic (exact) mass is 407 g/mol. The van der Waals surface area contributed by atoms with Gasteiger partial charge in [-0.05, 0) is 55.7 Å². The number of hydrogen-bond donors (Lipinski definition) is 0. The summed E-state index contributed by atoms with van der Waals surface area (Å²) in [6.45, 7) is 7.04. The normalized spacial score (nSPS) is 15.7. The lowest BCUT2D eigenvalue weighted by Crippen LogP contribution is -2.32. The van der Waals surface area contributed by atoms with Gasteiger partial charge in [0.05, 0.1) is 30.2 Å². The van der Waals surface area contributed by atoms with E-state index in [4.69, 9.17) is 13.9 Å². The van der Waals surface area contributed by atoms with Crippen LogP contribution in [0.2, 0.25) is 0 Å².